The van der Waals surface area contributed by atoms with Gasteiger partial charge in [-0.05, 0) is 30.3 Å². The molecule has 0 aliphatic rings. The van der Waals surface area contributed by atoms with Gasteiger partial charge in [0, 0.05) is 34.6 Å². The highest BCUT2D eigenvalue weighted by atomic mass is 35.5. The molecule has 3 nitrogen and oxygen atoms in total. The number of alkyl halides is 3. The minimum atomic E-state index is -4.71. The van der Waals surface area contributed by atoms with Crippen molar-refractivity contribution in [1.82, 2.24) is 9.97 Å². The van der Waals surface area contributed by atoms with Crippen molar-refractivity contribution >= 4 is 22.5 Å². The summed E-state index contributed by atoms with van der Waals surface area (Å²) in [5.41, 5.74) is 2.11. The number of H-pyrrole nitrogens is 1. The van der Waals surface area contributed by atoms with Crippen LogP contribution in [0.1, 0.15) is 0 Å². The van der Waals surface area contributed by atoms with Gasteiger partial charge in [-0.25, -0.2) is 0 Å². The van der Waals surface area contributed by atoms with E-state index in [1.165, 1.54) is 24.4 Å². The summed E-state index contributed by atoms with van der Waals surface area (Å²) in [6.45, 7) is 0. The summed E-state index contributed by atoms with van der Waals surface area (Å²) < 4.78 is 40.5. The van der Waals surface area contributed by atoms with E-state index in [4.69, 9.17) is 11.6 Å². The van der Waals surface area contributed by atoms with Gasteiger partial charge in [0.2, 0.25) is 0 Å². The minimum Gasteiger partial charge on any atom is -0.406 e. The first kappa shape index (κ1) is 13.8. The maximum absolute atomic E-state index is 12.2. The number of ether oxygens (including phenoxy) is 1. The summed E-state index contributed by atoms with van der Waals surface area (Å²) in [6.07, 6.45) is -1.62. The van der Waals surface area contributed by atoms with Crippen LogP contribution in [0.3, 0.4) is 0 Å². The van der Waals surface area contributed by atoms with Gasteiger partial charge >= 0.3 is 6.36 Å². The first-order valence-corrected chi connectivity index (χ1v) is 6.28. The van der Waals surface area contributed by atoms with Gasteiger partial charge in [-0.2, -0.15) is 0 Å². The normalized spacial score (nSPS) is 11.8. The van der Waals surface area contributed by atoms with E-state index >= 15 is 0 Å². The number of hydrogen-bond donors (Lipinski definition) is 1. The second-order valence-electron chi connectivity index (χ2n) is 4.34. The minimum absolute atomic E-state index is 0.263. The van der Waals surface area contributed by atoms with E-state index in [2.05, 4.69) is 14.7 Å². The lowest BCUT2D eigenvalue weighted by molar-refractivity contribution is -0.274. The van der Waals surface area contributed by atoms with Crippen LogP contribution in [0.25, 0.3) is 22.2 Å². The number of aromatic amines is 1. The maximum Gasteiger partial charge on any atom is 0.573 e. The fourth-order valence-corrected chi connectivity index (χ4v) is 2.27. The average molecular weight is 313 g/mol. The van der Waals surface area contributed by atoms with Gasteiger partial charge in [-0.15, -0.1) is 13.2 Å². The number of aromatic nitrogens is 2. The molecule has 0 aliphatic carbocycles. The van der Waals surface area contributed by atoms with Crippen molar-refractivity contribution in [2.45, 2.75) is 6.36 Å². The zero-order valence-corrected chi connectivity index (χ0v) is 11.2. The lowest BCUT2D eigenvalue weighted by Gasteiger charge is -2.08. The predicted molar refractivity (Wildman–Crippen MR) is 73.2 cm³/mol. The molecule has 7 heteroatoms. The van der Waals surface area contributed by atoms with Crippen LogP contribution in [0.15, 0.2) is 42.7 Å². The van der Waals surface area contributed by atoms with Crippen LogP contribution >= 0.6 is 11.6 Å². The average Bonchev–Trinajstić information content (AvgIpc) is 2.80. The molecule has 0 atom stereocenters. The highest BCUT2D eigenvalue weighted by Gasteiger charge is 2.31. The Labute approximate surface area is 122 Å². The van der Waals surface area contributed by atoms with Crippen molar-refractivity contribution in [3.05, 3.63) is 47.7 Å². The Hall–Kier alpha value is -2.21. The summed E-state index contributed by atoms with van der Waals surface area (Å²) in [6, 6.07) is 7.52. The van der Waals surface area contributed by atoms with Crippen LogP contribution in [-0.2, 0) is 0 Å². The number of nitrogens with one attached hydrogen (secondary N) is 1. The molecule has 0 bridgehead atoms. The molecule has 3 rings (SSSR count). The van der Waals surface area contributed by atoms with Crippen molar-refractivity contribution in [2.75, 3.05) is 0 Å². The lowest BCUT2D eigenvalue weighted by atomic mass is 10.2. The smallest absolute Gasteiger partial charge is 0.406 e. The fourth-order valence-electron chi connectivity index (χ4n) is 2.05. The first-order valence-electron chi connectivity index (χ1n) is 5.91. The van der Waals surface area contributed by atoms with E-state index in [9.17, 15) is 13.2 Å². The Balaban J connectivity index is 2.03. The molecule has 3 aromatic rings. The summed E-state index contributed by atoms with van der Waals surface area (Å²) in [5, 5.41) is 1.05. The first-order chi connectivity index (χ1) is 9.92. The molecule has 0 saturated heterocycles. The molecule has 0 radical (unpaired) electrons. The van der Waals surface area contributed by atoms with Gasteiger partial charge in [0.25, 0.3) is 0 Å². The molecule has 1 aromatic carbocycles. The van der Waals surface area contributed by atoms with E-state index in [1.54, 1.807) is 18.3 Å². The Morgan fingerprint density at radius 3 is 2.67 bits per heavy atom. The fraction of sp³-hybridized carbons (Fsp3) is 0.0714. The third-order valence-corrected chi connectivity index (χ3v) is 3.19. The topological polar surface area (TPSA) is 37.9 Å². The second kappa shape index (κ2) is 4.96. The Morgan fingerprint density at radius 2 is 1.95 bits per heavy atom. The monoisotopic (exact) mass is 312 g/mol. The summed E-state index contributed by atoms with van der Waals surface area (Å²) in [4.78, 5) is 6.98. The predicted octanol–water partition coefficient (Wildman–Crippen LogP) is 4.78. The molecule has 0 saturated carbocycles. The summed E-state index contributed by atoms with van der Waals surface area (Å²) in [7, 11) is 0. The zero-order chi connectivity index (χ0) is 15.0. The number of halogens is 4. The van der Waals surface area contributed by atoms with Crippen molar-refractivity contribution in [2.24, 2.45) is 0 Å². The number of nitrogens with zero attached hydrogens (tertiary/aromatic N) is 1. The van der Waals surface area contributed by atoms with Crippen LogP contribution in [0, 0.1) is 0 Å². The van der Waals surface area contributed by atoms with E-state index in [0.29, 0.717) is 21.6 Å². The van der Waals surface area contributed by atoms with E-state index in [0.717, 1.165) is 5.56 Å². The number of rotatable bonds is 2. The highest BCUT2D eigenvalue weighted by Crippen LogP contribution is 2.32. The molecule has 2 heterocycles. The van der Waals surface area contributed by atoms with Crippen molar-refractivity contribution in [3.8, 4) is 17.0 Å². The molecular weight excluding hydrogens is 305 g/mol. The molecule has 21 heavy (non-hydrogen) atoms. The van der Waals surface area contributed by atoms with Gasteiger partial charge in [0.1, 0.15) is 5.75 Å². The van der Waals surface area contributed by atoms with Crippen LogP contribution in [0.2, 0.25) is 5.02 Å². The molecular formula is C14H8ClF3N2O. The third-order valence-electron chi connectivity index (χ3n) is 2.89. The van der Waals surface area contributed by atoms with Gasteiger partial charge in [-0.3, -0.25) is 4.98 Å². The van der Waals surface area contributed by atoms with E-state index in [1.807, 2.05) is 0 Å². The highest BCUT2D eigenvalue weighted by molar-refractivity contribution is 6.33. The van der Waals surface area contributed by atoms with E-state index in [-0.39, 0.29) is 5.75 Å². The SMILES string of the molecule is FC(F)(F)Oc1ccc2[nH]c(-c3ccncc3Cl)cc2c1. The number of pyridine rings is 1. The largest absolute Gasteiger partial charge is 0.573 e. The molecule has 0 unspecified atom stereocenters. The lowest BCUT2D eigenvalue weighted by Crippen LogP contribution is -2.16. The number of benzene rings is 1. The van der Waals surface area contributed by atoms with Gasteiger partial charge < -0.3 is 9.72 Å². The van der Waals surface area contributed by atoms with Crippen LogP contribution in [0.5, 0.6) is 5.75 Å². The standard InChI is InChI=1S/C14H8ClF3N2O/c15-11-7-19-4-3-10(11)13-6-8-5-9(21-14(16,17)18)1-2-12(8)20-13/h1-7,20H. The van der Waals surface area contributed by atoms with Gasteiger partial charge in [-0.1, -0.05) is 11.6 Å². The van der Waals surface area contributed by atoms with Crippen molar-refractivity contribution in [3.63, 3.8) is 0 Å². The van der Waals surface area contributed by atoms with E-state index < -0.39 is 6.36 Å². The molecule has 0 fully saturated rings. The van der Waals surface area contributed by atoms with Crippen LogP contribution < -0.4 is 4.74 Å². The van der Waals surface area contributed by atoms with Gasteiger partial charge in [0.15, 0.2) is 0 Å². The molecule has 1 N–H and O–H groups in total. The van der Waals surface area contributed by atoms with Crippen molar-refractivity contribution in [1.29, 1.82) is 0 Å². The quantitative estimate of drug-likeness (QED) is 0.739. The van der Waals surface area contributed by atoms with Crippen LogP contribution in [-0.4, -0.2) is 16.3 Å². The zero-order valence-electron chi connectivity index (χ0n) is 10.4. The molecule has 0 spiro atoms. The molecule has 108 valence electrons. The van der Waals surface area contributed by atoms with Gasteiger partial charge in [0.05, 0.1) is 5.02 Å². The Bertz CT molecular complexity index is 798. The molecule has 0 amide bonds. The Kier molecular flexibility index (Phi) is 3.25. The van der Waals surface area contributed by atoms with Crippen molar-refractivity contribution < 1.29 is 17.9 Å². The van der Waals surface area contributed by atoms with Crippen LogP contribution in [0.4, 0.5) is 13.2 Å². The Morgan fingerprint density at radius 1 is 1.14 bits per heavy atom. The number of fused-ring (bicyclic) bond motifs is 1. The number of hydrogen-bond acceptors (Lipinski definition) is 2. The maximum atomic E-state index is 12.2. The third kappa shape index (κ3) is 2.95. The molecule has 2 aromatic heterocycles. The molecule has 0 aliphatic heterocycles. The summed E-state index contributed by atoms with van der Waals surface area (Å²) in [5.74, 6) is -0.263. The second-order valence-corrected chi connectivity index (χ2v) is 4.74. The summed E-state index contributed by atoms with van der Waals surface area (Å²) >= 11 is 6.05.